The van der Waals surface area contributed by atoms with E-state index in [9.17, 15) is 14.4 Å². The molecule has 33 heavy (non-hydrogen) atoms. The lowest BCUT2D eigenvalue weighted by atomic mass is 9.89. The molecule has 2 bridgehead atoms. The van der Waals surface area contributed by atoms with Gasteiger partial charge in [-0.15, -0.1) is 11.3 Å². The van der Waals surface area contributed by atoms with Crippen molar-refractivity contribution in [3.8, 4) is 0 Å². The van der Waals surface area contributed by atoms with Crippen molar-refractivity contribution < 1.29 is 19.1 Å². The number of hydrogen-bond acceptors (Lipinski definition) is 6. The van der Waals surface area contributed by atoms with E-state index in [-0.39, 0.29) is 23.7 Å². The fourth-order valence-electron chi connectivity index (χ4n) is 5.23. The van der Waals surface area contributed by atoms with Gasteiger partial charge in [0.15, 0.2) is 0 Å². The van der Waals surface area contributed by atoms with Crippen molar-refractivity contribution >= 4 is 41.1 Å². The second-order valence-corrected chi connectivity index (χ2v) is 11.4. The Morgan fingerprint density at radius 2 is 1.97 bits per heavy atom. The number of primary amides is 1. The normalized spacial score (nSPS) is 19.8. The molecule has 0 radical (unpaired) electrons. The van der Waals surface area contributed by atoms with E-state index in [1.165, 1.54) is 4.88 Å². The van der Waals surface area contributed by atoms with E-state index in [2.05, 4.69) is 18.7 Å². The van der Waals surface area contributed by atoms with Gasteiger partial charge < -0.3 is 10.5 Å². The minimum absolute atomic E-state index is 0.0487. The zero-order valence-corrected chi connectivity index (χ0v) is 20.5. The van der Waals surface area contributed by atoms with Gasteiger partial charge in [-0.05, 0) is 42.5 Å². The Labute approximate surface area is 203 Å². The van der Waals surface area contributed by atoms with Crippen molar-refractivity contribution in [3.63, 3.8) is 0 Å². The highest BCUT2D eigenvalue weighted by Crippen LogP contribution is 2.49. The molecule has 1 aromatic heterocycles. The van der Waals surface area contributed by atoms with Crippen LogP contribution in [0.4, 0.5) is 0 Å². The number of benzene rings is 1. The van der Waals surface area contributed by atoms with Crippen molar-refractivity contribution in [2.24, 2.45) is 11.1 Å². The molecule has 3 heterocycles. The predicted octanol–water partition coefficient (Wildman–Crippen LogP) is 4.12. The van der Waals surface area contributed by atoms with Gasteiger partial charge in [-0.2, -0.15) is 0 Å². The van der Waals surface area contributed by atoms with E-state index in [0.29, 0.717) is 36.1 Å². The van der Waals surface area contributed by atoms with Crippen LogP contribution in [0.5, 0.6) is 0 Å². The fraction of sp³-hybridized carbons (Fsp3) is 0.480. The summed E-state index contributed by atoms with van der Waals surface area (Å²) in [6.45, 7) is 5.75. The SMILES string of the molecule is CC(C)(COC=O)CN1C2CC[C@@H]1Cc1sc(CC(=O)Cc3ccc(Cl)cc3)c(C(N)=O)c12. The molecule has 1 saturated heterocycles. The molecular weight excluding hydrogens is 460 g/mol. The Kier molecular flexibility index (Phi) is 6.93. The Morgan fingerprint density at radius 3 is 2.64 bits per heavy atom. The molecule has 0 aliphatic carbocycles. The standard InChI is InChI=1S/C25H29ClN2O4S/c1-25(2,13-32-14-29)12-28-17-7-8-19(28)22-20(10-17)33-21(23(22)24(27)31)11-18(30)9-15-3-5-16(26)6-4-15/h3-6,14,17,19H,7-13H2,1-2H3,(H2,27,31)/t17-,19?/m1/s1. The van der Waals surface area contributed by atoms with Gasteiger partial charge in [0.05, 0.1) is 12.2 Å². The van der Waals surface area contributed by atoms with Crippen LogP contribution in [0.15, 0.2) is 24.3 Å². The summed E-state index contributed by atoms with van der Waals surface area (Å²) in [4.78, 5) is 40.5. The van der Waals surface area contributed by atoms with Crippen molar-refractivity contribution in [2.45, 2.75) is 58.0 Å². The summed E-state index contributed by atoms with van der Waals surface area (Å²) in [6, 6.07) is 7.73. The molecule has 1 aromatic carbocycles. The summed E-state index contributed by atoms with van der Waals surface area (Å²) in [5.41, 5.74) is 8.11. The van der Waals surface area contributed by atoms with Crippen LogP contribution < -0.4 is 5.73 Å². The molecular formula is C25H29ClN2O4S. The van der Waals surface area contributed by atoms with Crippen molar-refractivity contribution in [3.05, 3.63) is 55.7 Å². The zero-order chi connectivity index (χ0) is 23.8. The third-order valence-electron chi connectivity index (χ3n) is 6.56. The molecule has 4 rings (SSSR count). The third-order valence-corrected chi connectivity index (χ3v) is 8.04. The number of fused-ring (bicyclic) bond motifs is 4. The molecule has 176 valence electrons. The van der Waals surface area contributed by atoms with Crippen LogP contribution in [0, 0.1) is 5.41 Å². The van der Waals surface area contributed by atoms with Crippen LogP contribution in [0.2, 0.25) is 5.02 Å². The minimum atomic E-state index is -0.462. The molecule has 2 aliphatic heterocycles. The molecule has 1 unspecified atom stereocenters. The van der Waals surface area contributed by atoms with Gasteiger partial charge in [0, 0.05) is 51.7 Å². The van der Waals surface area contributed by atoms with Gasteiger partial charge in [0.2, 0.25) is 5.91 Å². The van der Waals surface area contributed by atoms with Gasteiger partial charge in [-0.25, -0.2) is 0 Å². The topological polar surface area (TPSA) is 89.7 Å². The van der Waals surface area contributed by atoms with Crippen molar-refractivity contribution in [1.29, 1.82) is 0 Å². The van der Waals surface area contributed by atoms with E-state index in [1.54, 1.807) is 23.5 Å². The van der Waals surface area contributed by atoms with Gasteiger partial charge in [-0.1, -0.05) is 37.6 Å². The summed E-state index contributed by atoms with van der Waals surface area (Å²) in [6.07, 6.45) is 3.36. The summed E-state index contributed by atoms with van der Waals surface area (Å²) in [7, 11) is 0. The number of amides is 1. The highest BCUT2D eigenvalue weighted by molar-refractivity contribution is 7.12. The average molecular weight is 489 g/mol. The molecule has 2 aliphatic rings. The number of ketones is 1. The molecule has 6 nitrogen and oxygen atoms in total. The number of carbonyl (C=O) groups excluding carboxylic acids is 3. The van der Waals surface area contributed by atoms with Crippen LogP contribution in [0.3, 0.4) is 0 Å². The van der Waals surface area contributed by atoms with E-state index in [0.717, 1.165) is 41.8 Å². The maximum atomic E-state index is 12.8. The largest absolute Gasteiger partial charge is 0.467 e. The Morgan fingerprint density at radius 1 is 1.24 bits per heavy atom. The van der Waals surface area contributed by atoms with E-state index < -0.39 is 5.91 Å². The molecule has 2 N–H and O–H groups in total. The van der Waals surface area contributed by atoms with Crippen molar-refractivity contribution in [1.82, 2.24) is 4.90 Å². The smallest absolute Gasteiger partial charge is 0.293 e. The maximum absolute atomic E-state index is 12.8. The van der Waals surface area contributed by atoms with Gasteiger partial charge in [0.25, 0.3) is 6.47 Å². The Bertz CT molecular complexity index is 1060. The Hall–Kier alpha value is -2.22. The molecule has 2 atom stereocenters. The van der Waals surface area contributed by atoms with Crippen LogP contribution >= 0.6 is 22.9 Å². The number of hydrogen-bond donors (Lipinski definition) is 1. The number of ether oxygens (including phenoxy) is 1. The van der Waals surface area contributed by atoms with Crippen LogP contribution in [0.25, 0.3) is 0 Å². The fourth-order valence-corrected chi connectivity index (χ4v) is 6.83. The number of nitrogens with two attached hydrogens (primary N) is 1. The summed E-state index contributed by atoms with van der Waals surface area (Å²) in [5.74, 6) is -0.414. The number of halogens is 1. The first-order valence-corrected chi connectivity index (χ1v) is 12.4. The minimum Gasteiger partial charge on any atom is -0.467 e. The highest BCUT2D eigenvalue weighted by atomic mass is 35.5. The molecule has 1 fully saturated rings. The molecule has 2 aromatic rings. The average Bonchev–Trinajstić information content (AvgIpc) is 3.23. The summed E-state index contributed by atoms with van der Waals surface area (Å²) in [5, 5.41) is 0.633. The van der Waals surface area contributed by atoms with E-state index in [4.69, 9.17) is 22.1 Å². The van der Waals surface area contributed by atoms with E-state index in [1.807, 2.05) is 12.1 Å². The quantitative estimate of drug-likeness (QED) is 0.508. The molecule has 0 saturated carbocycles. The van der Waals surface area contributed by atoms with E-state index >= 15 is 0 Å². The lowest BCUT2D eigenvalue weighted by Gasteiger charge is -2.40. The first-order valence-electron chi connectivity index (χ1n) is 11.2. The lowest BCUT2D eigenvalue weighted by molar-refractivity contribution is -0.132. The number of rotatable bonds is 10. The van der Waals surface area contributed by atoms with Gasteiger partial charge in [-0.3, -0.25) is 19.3 Å². The van der Waals surface area contributed by atoms with Crippen LogP contribution in [-0.4, -0.2) is 42.3 Å². The molecule has 8 heteroatoms. The number of nitrogens with zero attached hydrogens (tertiary/aromatic N) is 1. The third kappa shape index (κ3) is 5.15. The maximum Gasteiger partial charge on any atom is 0.293 e. The summed E-state index contributed by atoms with van der Waals surface area (Å²) >= 11 is 7.51. The number of Topliss-reactive ketones (excluding diaryl/α,β-unsaturated/α-hetero) is 1. The van der Waals surface area contributed by atoms with Gasteiger partial charge >= 0.3 is 0 Å². The molecule has 1 amide bonds. The first-order chi connectivity index (χ1) is 15.7. The van der Waals surface area contributed by atoms with Gasteiger partial charge in [0.1, 0.15) is 5.78 Å². The number of thiophene rings is 1. The zero-order valence-electron chi connectivity index (χ0n) is 18.9. The first kappa shape index (κ1) is 23.9. The monoisotopic (exact) mass is 488 g/mol. The Balaban J connectivity index is 1.57. The predicted molar refractivity (Wildman–Crippen MR) is 129 cm³/mol. The van der Waals surface area contributed by atoms with Crippen LogP contribution in [0.1, 0.15) is 64.0 Å². The second kappa shape index (κ2) is 9.57. The number of carbonyl (C=O) groups is 3. The lowest BCUT2D eigenvalue weighted by Crippen LogP contribution is -2.44. The van der Waals surface area contributed by atoms with Crippen molar-refractivity contribution in [2.75, 3.05) is 13.2 Å². The highest BCUT2D eigenvalue weighted by Gasteiger charge is 2.45. The van der Waals surface area contributed by atoms with Crippen LogP contribution in [-0.2, 0) is 33.6 Å². The second-order valence-electron chi connectivity index (χ2n) is 9.81. The summed E-state index contributed by atoms with van der Waals surface area (Å²) < 4.78 is 5.04. The molecule has 0 spiro atoms.